The van der Waals surface area contributed by atoms with Crippen LogP contribution in [0, 0.1) is 13.8 Å². The largest absolute Gasteiger partial charge is 0.497 e. The first-order valence-corrected chi connectivity index (χ1v) is 7.30. The van der Waals surface area contributed by atoms with Crippen LogP contribution in [0.3, 0.4) is 0 Å². The molecule has 118 valence electrons. The number of rotatable bonds is 7. The second-order valence-electron chi connectivity index (χ2n) is 5.11. The van der Waals surface area contributed by atoms with Crippen LogP contribution in [0.5, 0.6) is 17.2 Å². The molecule has 4 heteroatoms. The quantitative estimate of drug-likeness (QED) is 0.789. The molecule has 0 radical (unpaired) electrons. The topological polar surface area (TPSA) is 39.7 Å². The molecular formula is C18H23NO3. The smallest absolute Gasteiger partial charge is 0.142 e. The predicted octanol–water partition coefficient (Wildman–Crippen LogP) is 3.81. The van der Waals surface area contributed by atoms with Crippen LogP contribution in [-0.4, -0.2) is 27.4 Å². The number of hydrogen-bond donors (Lipinski definition) is 1. The Kier molecular flexibility index (Phi) is 5.53. The molecule has 22 heavy (non-hydrogen) atoms. The lowest BCUT2D eigenvalue weighted by atomic mass is 10.1. The van der Waals surface area contributed by atoms with Crippen LogP contribution in [0.25, 0.3) is 0 Å². The van der Waals surface area contributed by atoms with Crippen LogP contribution >= 0.6 is 0 Å². The van der Waals surface area contributed by atoms with Gasteiger partial charge in [-0.25, -0.2) is 0 Å². The van der Waals surface area contributed by atoms with Crippen LogP contribution in [0.15, 0.2) is 36.4 Å². The van der Waals surface area contributed by atoms with E-state index in [-0.39, 0.29) is 0 Å². The van der Waals surface area contributed by atoms with E-state index >= 15 is 0 Å². The zero-order valence-corrected chi connectivity index (χ0v) is 13.6. The van der Waals surface area contributed by atoms with Gasteiger partial charge in [0.1, 0.15) is 23.9 Å². The van der Waals surface area contributed by atoms with Gasteiger partial charge in [-0.3, -0.25) is 0 Å². The monoisotopic (exact) mass is 301 g/mol. The van der Waals surface area contributed by atoms with Gasteiger partial charge < -0.3 is 19.5 Å². The van der Waals surface area contributed by atoms with E-state index in [9.17, 15) is 0 Å². The molecule has 4 nitrogen and oxygen atoms in total. The van der Waals surface area contributed by atoms with Crippen LogP contribution in [0.2, 0.25) is 0 Å². The molecular weight excluding hydrogens is 278 g/mol. The Morgan fingerprint density at radius 3 is 2.36 bits per heavy atom. The van der Waals surface area contributed by atoms with Crippen molar-refractivity contribution in [2.24, 2.45) is 0 Å². The van der Waals surface area contributed by atoms with E-state index in [1.54, 1.807) is 14.2 Å². The van der Waals surface area contributed by atoms with Crippen LogP contribution < -0.4 is 19.5 Å². The van der Waals surface area contributed by atoms with Crippen molar-refractivity contribution in [3.05, 3.63) is 47.5 Å². The van der Waals surface area contributed by atoms with Crippen molar-refractivity contribution in [2.75, 3.05) is 32.7 Å². The molecule has 0 aromatic heterocycles. The van der Waals surface area contributed by atoms with Crippen molar-refractivity contribution in [3.63, 3.8) is 0 Å². The third kappa shape index (κ3) is 4.07. The summed E-state index contributed by atoms with van der Waals surface area (Å²) < 4.78 is 16.4. The lowest BCUT2D eigenvalue weighted by molar-refractivity contribution is 0.330. The molecule has 0 aliphatic carbocycles. The molecule has 1 N–H and O–H groups in total. The highest BCUT2D eigenvalue weighted by molar-refractivity contribution is 5.59. The molecule has 0 fully saturated rings. The molecule has 0 bridgehead atoms. The summed E-state index contributed by atoms with van der Waals surface area (Å²) in [6, 6.07) is 11.9. The van der Waals surface area contributed by atoms with E-state index in [1.807, 2.05) is 24.3 Å². The molecule has 0 atom stereocenters. The van der Waals surface area contributed by atoms with Crippen LogP contribution in [0.1, 0.15) is 11.1 Å². The summed E-state index contributed by atoms with van der Waals surface area (Å²) in [4.78, 5) is 0. The SMILES string of the molecule is COc1ccc(OC)c(NCCOc2ccc(C)cc2C)c1. The summed E-state index contributed by atoms with van der Waals surface area (Å²) in [6.45, 7) is 5.38. The minimum Gasteiger partial charge on any atom is -0.497 e. The fourth-order valence-corrected chi connectivity index (χ4v) is 2.26. The van der Waals surface area contributed by atoms with E-state index in [1.165, 1.54) is 5.56 Å². The second-order valence-corrected chi connectivity index (χ2v) is 5.11. The van der Waals surface area contributed by atoms with Crippen LogP contribution in [0.4, 0.5) is 5.69 Å². The molecule has 0 spiro atoms. The van der Waals surface area contributed by atoms with E-state index < -0.39 is 0 Å². The Morgan fingerprint density at radius 1 is 0.909 bits per heavy atom. The highest BCUT2D eigenvalue weighted by Gasteiger charge is 2.05. The van der Waals surface area contributed by atoms with Gasteiger partial charge in [0.05, 0.1) is 19.9 Å². The molecule has 2 aromatic carbocycles. The third-order valence-corrected chi connectivity index (χ3v) is 3.41. The number of ether oxygens (including phenoxy) is 3. The van der Waals surface area contributed by atoms with E-state index in [0.717, 1.165) is 28.5 Å². The summed E-state index contributed by atoms with van der Waals surface area (Å²) >= 11 is 0. The first kappa shape index (κ1) is 16.0. The standard InChI is InChI=1S/C18H23NO3/c1-13-5-7-17(14(2)11-13)22-10-9-19-16-12-15(20-3)6-8-18(16)21-4/h5-8,11-12,19H,9-10H2,1-4H3. The van der Waals surface area contributed by atoms with Crippen molar-refractivity contribution < 1.29 is 14.2 Å². The van der Waals surface area contributed by atoms with Crippen molar-refractivity contribution >= 4 is 5.69 Å². The molecule has 0 unspecified atom stereocenters. The van der Waals surface area contributed by atoms with Gasteiger partial charge in [0.15, 0.2) is 0 Å². The average molecular weight is 301 g/mol. The van der Waals surface area contributed by atoms with Gasteiger partial charge >= 0.3 is 0 Å². The maximum absolute atomic E-state index is 5.81. The summed E-state index contributed by atoms with van der Waals surface area (Å²) in [6.07, 6.45) is 0. The van der Waals surface area contributed by atoms with Gasteiger partial charge in [0, 0.05) is 12.6 Å². The number of aryl methyl sites for hydroxylation is 2. The van der Waals surface area contributed by atoms with E-state index in [2.05, 4.69) is 31.3 Å². The Labute approximate surface area is 132 Å². The molecule has 2 rings (SSSR count). The predicted molar refractivity (Wildman–Crippen MR) is 89.4 cm³/mol. The Morgan fingerprint density at radius 2 is 1.68 bits per heavy atom. The zero-order chi connectivity index (χ0) is 15.9. The Balaban J connectivity index is 1.91. The summed E-state index contributed by atoms with van der Waals surface area (Å²) in [5, 5.41) is 3.31. The van der Waals surface area contributed by atoms with Gasteiger partial charge in [-0.1, -0.05) is 17.7 Å². The number of hydrogen-bond acceptors (Lipinski definition) is 4. The number of benzene rings is 2. The maximum Gasteiger partial charge on any atom is 0.142 e. The van der Waals surface area contributed by atoms with Crippen molar-refractivity contribution in [1.82, 2.24) is 0 Å². The summed E-state index contributed by atoms with van der Waals surface area (Å²) in [5.41, 5.74) is 3.29. The second kappa shape index (κ2) is 7.59. The summed E-state index contributed by atoms with van der Waals surface area (Å²) in [5.74, 6) is 2.50. The number of methoxy groups -OCH3 is 2. The first-order chi connectivity index (χ1) is 10.6. The molecule has 0 saturated heterocycles. The normalized spacial score (nSPS) is 10.2. The lowest BCUT2D eigenvalue weighted by Gasteiger charge is -2.14. The summed E-state index contributed by atoms with van der Waals surface area (Å²) in [7, 11) is 3.30. The lowest BCUT2D eigenvalue weighted by Crippen LogP contribution is -2.12. The Bertz CT molecular complexity index is 626. The van der Waals surface area contributed by atoms with Gasteiger partial charge in [0.2, 0.25) is 0 Å². The maximum atomic E-state index is 5.81. The van der Waals surface area contributed by atoms with Crippen molar-refractivity contribution in [1.29, 1.82) is 0 Å². The Hall–Kier alpha value is -2.36. The van der Waals surface area contributed by atoms with Gasteiger partial charge in [-0.15, -0.1) is 0 Å². The molecule has 0 amide bonds. The fourth-order valence-electron chi connectivity index (χ4n) is 2.26. The minimum atomic E-state index is 0.574. The molecule has 0 saturated carbocycles. The molecule has 0 aliphatic rings. The highest BCUT2D eigenvalue weighted by Crippen LogP contribution is 2.28. The van der Waals surface area contributed by atoms with Gasteiger partial charge in [-0.05, 0) is 37.6 Å². The first-order valence-electron chi connectivity index (χ1n) is 7.30. The number of anilines is 1. The third-order valence-electron chi connectivity index (χ3n) is 3.41. The van der Waals surface area contributed by atoms with Crippen LogP contribution in [-0.2, 0) is 0 Å². The zero-order valence-electron chi connectivity index (χ0n) is 13.6. The average Bonchev–Trinajstić information content (AvgIpc) is 2.53. The van der Waals surface area contributed by atoms with E-state index in [4.69, 9.17) is 14.2 Å². The molecule has 0 aliphatic heterocycles. The molecule has 0 heterocycles. The highest BCUT2D eigenvalue weighted by atomic mass is 16.5. The van der Waals surface area contributed by atoms with Gasteiger partial charge in [0.25, 0.3) is 0 Å². The minimum absolute atomic E-state index is 0.574. The number of nitrogens with one attached hydrogen (secondary N) is 1. The fraction of sp³-hybridized carbons (Fsp3) is 0.333. The van der Waals surface area contributed by atoms with Crippen molar-refractivity contribution in [2.45, 2.75) is 13.8 Å². The van der Waals surface area contributed by atoms with E-state index in [0.29, 0.717) is 13.2 Å². The van der Waals surface area contributed by atoms with Crippen molar-refractivity contribution in [3.8, 4) is 17.2 Å². The molecule has 2 aromatic rings. The van der Waals surface area contributed by atoms with Gasteiger partial charge in [-0.2, -0.15) is 0 Å².